The van der Waals surface area contributed by atoms with Gasteiger partial charge in [-0.05, 0) is 107 Å². The Balaban J connectivity index is 1.41. The van der Waals surface area contributed by atoms with Crippen LogP contribution in [0.4, 0.5) is 0 Å². The summed E-state index contributed by atoms with van der Waals surface area (Å²) in [6, 6.07) is 18.4. The van der Waals surface area contributed by atoms with Crippen LogP contribution >= 0.6 is 0 Å². The molecule has 0 spiro atoms. The molecule has 190 valence electrons. The van der Waals surface area contributed by atoms with E-state index < -0.39 is 0 Å². The highest BCUT2D eigenvalue weighted by atomic mass is 16.5. The molecule has 2 aliphatic carbocycles. The van der Waals surface area contributed by atoms with Crippen LogP contribution in [0.5, 0.6) is 0 Å². The first-order chi connectivity index (χ1) is 17.2. The molecule has 2 saturated carbocycles. The van der Waals surface area contributed by atoms with Crippen LogP contribution in [-0.2, 0) is 29.9 Å². The predicted octanol–water partition coefficient (Wildman–Crippen LogP) is 7.23. The molecule has 0 aromatic heterocycles. The number of esters is 2. The minimum Gasteiger partial charge on any atom is -0.469 e. The number of carbonyl (C=O) groups is 2. The minimum absolute atomic E-state index is 0.0370. The van der Waals surface area contributed by atoms with Crippen molar-refractivity contribution in [1.82, 2.24) is 0 Å². The van der Waals surface area contributed by atoms with Gasteiger partial charge in [0, 0.05) is 0 Å². The Hall–Kier alpha value is -2.88. The highest BCUT2D eigenvalue weighted by molar-refractivity contribution is 5.98. The van der Waals surface area contributed by atoms with Crippen LogP contribution in [0.2, 0.25) is 0 Å². The first-order valence-electron chi connectivity index (χ1n) is 13.4. The van der Waals surface area contributed by atoms with Crippen molar-refractivity contribution >= 4 is 33.5 Å². The van der Waals surface area contributed by atoms with Gasteiger partial charge in [0.2, 0.25) is 0 Å². The zero-order chi connectivity index (χ0) is 25.5. The summed E-state index contributed by atoms with van der Waals surface area (Å²) < 4.78 is 9.97. The second-order valence-electron chi connectivity index (χ2n) is 11.7. The lowest BCUT2D eigenvalue weighted by Gasteiger charge is -2.37. The zero-order valence-corrected chi connectivity index (χ0v) is 22.1. The van der Waals surface area contributed by atoms with Crippen LogP contribution < -0.4 is 0 Å². The average molecular weight is 487 g/mol. The van der Waals surface area contributed by atoms with E-state index in [1.807, 2.05) is 0 Å². The van der Waals surface area contributed by atoms with E-state index in [2.05, 4.69) is 62.4 Å². The number of fused-ring (bicyclic) bond motifs is 2. The summed E-state index contributed by atoms with van der Waals surface area (Å²) in [7, 11) is 2.98. The van der Waals surface area contributed by atoms with Crippen molar-refractivity contribution in [2.75, 3.05) is 14.2 Å². The molecular formula is C32H38O4. The molecule has 3 aromatic carbocycles. The summed E-state index contributed by atoms with van der Waals surface area (Å²) in [6.07, 6.45) is 7.55. The first kappa shape index (κ1) is 24.8. The molecule has 0 bridgehead atoms. The second-order valence-corrected chi connectivity index (χ2v) is 11.7. The third kappa shape index (κ3) is 4.51. The van der Waals surface area contributed by atoms with Crippen molar-refractivity contribution in [3.8, 4) is 0 Å². The maximum absolute atomic E-state index is 12.0. The molecule has 3 aromatic rings. The van der Waals surface area contributed by atoms with Gasteiger partial charge in [0.15, 0.2) is 0 Å². The Kier molecular flexibility index (Phi) is 6.57. The van der Waals surface area contributed by atoms with Crippen LogP contribution in [0.3, 0.4) is 0 Å². The van der Waals surface area contributed by atoms with Crippen molar-refractivity contribution in [3.05, 3.63) is 59.7 Å². The molecule has 4 nitrogen and oxygen atoms in total. The molecule has 2 fully saturated rings. The first-order valence-corrected chi connectivity index (χ1v) is 13.4. The number of rotatable bonds is 4. The molecule has 0 aliphatic heterocycles. The number of hydrogen-bond donors (Lipinski definition) is 0. The van der Waals surface area contributed by atoms with Gasteiger partial charge in [-0.2, -0.15) is 0 Å². The van der Waals surface area contributed by atoms with Gasteiger partial charge < -0.3 is 9.47 Å². The van der Waals surface area contributed by atoms with E-state index in [1.54, 1.807) is 0 Å². The van der Waals surface area contributed by atoms with E-state index in [0.29, 0.717) is 0 Å². The van der Waals surface area contributed by atoms with Crippen molar-refractivity contribution in [2.24, 2.45) is 11.8 Å². The fourth-order valence-corrected chi connectivity index (χ4v) is 6.64. The predicted molar refractivity (Wildman–Crippen MR) is 144 cm³/mol. The molecule has 5 rings (SSSR count). The number of carbonyl (C=O) groups excluding carboxylic acids is 2. The van der Waals surface area contributed by atoms with E-state index in [0.717, 1.165) is 51.4 Å². The maximum Gasteiger partial charge on any atom is 0.308 e. The minimum atomic E-state index is -0.0645. The highest BCUT2D eigenvalue weighted by Gasteiger charge is 2.37. The number of methoxy groups -OCH3 is 2. The normalized spacial score (nSPS) is 28.7. The van der Waals surface area contributed by atoms with Crippen molar-refractivity contribution in [2.45, 2.75) is 76.0 Å². The van der Waals surface area contributed by atoms with Gasteiger partial charge in [0.05, 0.1) is 26.1 Å². The Morgan fingerprint density at radius 1 is 0.611 bits per heavy atom. The zero-order valence-electron chi connectivity index (χ0n) is 22.1. The molecule has 4 heteroatoms. The molecule has 0 unspecified atom stereocenters. The molecule has 36 heavy (non-hydrogen) atoms. The van der Waals surface area contributed by atoms with Gasteiger partial charge in [-0.25, -0.2) is 0 Å². The molecule has 0 atom stereocenters. The summed E-state index contributed by atoms with van der Waals surface area (Å²) in [5, 5.41) is 5.06. The smallest absolute Gasteiger partial charge is 0.308 e. The molecule has 0 amide bonds. The molecular weight excluding hydrogens is 448 g/mol. The van der Waals surface area contributed by atoms with Crippen molar-refractivity contribution < 1.29 is 19.1 Å². The van der Waals surface area contributed by atoms with E-state index in [9.17, 15) is 9.59 Å². The summed E-state index contributed by atoms with van der Waals surface area (Å²) in [4.78, 5) is 24.0. The van der Waals surface area contributed by atoms with E-state index >= 15 is 0 Å². The van der Waals surface area contributed by atoms with Gasteiger partial charge >= 0.3 is 11.9 Å². The van der Waals surface area contributed by atoms with E-state index in [4.69, 9.17) is 9.47 Å². The lowest BCUT2D eigenvalue weighted by Crippen LogP contribution is -2.32. The van der Waals surface area contributed by atoms with Crippen molar-refractivity contribution in [1.29, 1.82) is 0 Å². The van der Waals surface area contributed by atoms with Gasteiger partial charge in [0.1, 0.15) is 0 Å². The Morgan fingerprint density at radius 3 is 1.33 bits per heavy atom. The third-order valence-electron chi connectivity index (χ3n) is 9.44. The lowest BCUT2D eigenvalue weighted by molar-refractivity contribution is -0.147. The molecule has 0 saturated heterocycles. The van der Waals surface area contributed by atoms with Crippen LogP contribution in [0.25, 0.3) is 21.5 Å². The summed E-state index contributed by atoms with van der Waals surface area (Å²) in [5.41, 5.74) is 2.89. The molecule has 2 aliphatic rings. The summed E-state index contributed by atoms with van der Waals surface area (Å²) in [5.74, 6) is -0.0551. The van der Waals surface area contributed by atoms with E-state index in [-0.39, 0.29) is 34.6 Å². The monoisotopic (exact) mass is 486 g/mol. The summed E-state index contributed by atoms with van der Waals surface area (Å²) >= 11 is 0. The van der Waals surface area contributed by atoms with Crippen LogP contribution in [0.15, 0.2) is 48.5 Å². The van der Waals surface area contributed by atoms with Crippen LogP contribution in [0.1, 0.15) is 76.3 Å². The number of ether oxygens (including phenoxy) is 2. The second kappa shape index (κ2) is 9.53. The quantitative estimate of drug-likeness (QED) is 0.288. The average Bonchev–Trinajstić information content (AvgIpc) is 2.91. The number of benzene rings is 3. The highest BCUT2D eigenvalue weighted by Crippen LogP contribution is 2.44. The third-order valence-corrected chi connectivity index (χ3v) is 9.44. The Morgan fingerprint density at radius 2 is 0.972 bits per heavy atom. The fraction of sp³-hybridized carbons (Fsp3) is 0.500. The SMILES string of the molecule is COC(=O)C1CCC(C)(c2ccc3cc4ccc(C5(C)CCC(C(=O)OC)CC5)cc4cc3c2)CC1. The van der Waals surface area contributed by atoms with Crippen LogP contribution in [-0.4, -0.2) is 26.2 Å². The van der Waals surface area contributed by atoms with Crippen molar-refractivity contribution in [3.63, 3.8) is 0 Å². The molecule has 0 heterocycles. The standard InChI is InChI=1S/C32H38O4/c1-31(13-9-21(10-14-31)29(33)35-3)27-7-5-23-17-24-6-8-28(20-26(24)18-25(23)19-27)32(2)15-11-22(12-16-32)30(34)36-4/h5-8,17-22H,9-16H2,1-4H3. The van der Waals surface area contributed by atoms with Gasteiger partial charge in [-0.15, -0.1) is 0 Å². The van der Waals surface area contributed by atoms with E-state index in [1.165, 1.54) is 46.9 Å². The summed E-state index contributed by atoms with van der Waals surface area (Å²) in [6.45, 7) is 4.68. The largest absolute Gasteiger partial charge is 0.469 e. The molecule has 0 radical (unpaired) electrons. The Bertz CT molecular complexity index is 1190. The topological polar surface area (TPSA) is 52.6 Å². The molecule has 0 N–H and O–H groups in total. The number of hydrogen-bond acceptors (Lipinski definition) is 4. The fourth-order valence-electron chi connectivity index (χ4n) is 6.64. The van der Waals surface area contributed by atoms with Gasteiger partial charge in [0.25, 0.3) is 0 Å². The van der Waals surface area contributed by atoms with Crippen LogP contribution in [0, 0.1) is 11.8 Å². The Labute approximate surface area is 214 Å². The van der Waals surface area contributed by atoms with Gasteiger partial charge in [-0.3, -0.25) is 9.59 Å². The van der Waals surface area contributed by atoms with Gasteiger partial charge in [-0.1, -0.05) is 50.2 Å². The lowest BCUT2D eigenvalue weighted by atomic mass is 9.67. The maximum atomic E-state index is 12.0.